The standard InChI is InChI=1S/C21H27ClN2O3S2/c1-17-6-3-7-18(14-17)16-28-13-11-23-21(25)10-5-12-24(29(2,26)27)20-9-4-8-19(22)15-20/h3-4,6-9,14-15H,5,10-13,16H2,1-2H3,(H,23,25). The summed E-state index contributed by atoms with van der Waals surface area (Å²) in [5.41, 5.74) is 3.04. The molecule has 1 N–H and O–H groups in total. The molecule has 0 saturated carbocycles. The van der Waals surface area contributed by atoms with Gasteiger partial charge in [-0.1, -0.05) is 47.5 Å². The Bertz CT molecular complexity index is 920. The van der Waals surface area contributed by atoms with E-state index in [1.165, 1.54) is 15.4 Å². The molecule has 0 heterocycles. The maximum absolute atomic E-state index is 12.1. The molecule has 2 aromatic rings. The lowest BCUT2D eigenvalue weighted by atomic mass is 10.2. The largest absolute Gasteiger partial charge is 0.355 e. The molecular weight excluding hydrogens is 428 g/mol. The molecule has 2 aromatic carbocycles. The number of hydrogen-bond acceptors (Lipinski definition) is 4. The number of benzene rings is 2. The SMILES string of the molecule is Cc1cccc(CSCCNC(=O)CCCN(c2cccc(Cl)c2)S(C)(=O)=O)c1. The quantitative estimate of drug-likeness (QED) is 0.515. The lowest BCUT2D eigenvalue weighted by Crippen LogP contribution is -2.32. The molecule has 29 heavy (non-hydrogen) atoms. The Balaban J connectivity index is 1.69. The molecule has 0 atom stereocenters. The summed E-state index contributed by atoms with van der Waals surface area (Å²) >= 11 is 7.74. The number of anilines is 1. The van der Waals surface area contributed by atoms with Gasteiger partial charge in [-0.05, 0) is 37.1 Å². The van der Waals surface area contributed by atoms with Gasteiger partial charge in [0.1, 0.15) is 0 Å². The third-order valence-corrected chi connectivity index (χ3v) is 6.64. The first-order valence-electron chi connectivity index (χ1n) is 9.39. The second-order valence-electron chi connectivity index (χ2n) is 6.81. The van der Waals surface area contributed by atoms with E-state index in [2.05, 4.69) is 36.5 Å². The molecule has 0 aliphatic rings. The normalized spacial score (nSPS) is 11.3. The van der Waals surface area contributed by atoms with Crippen LogP contribution in [0.4, 0.5) is 5.69 Å². The molecule has 8 heteroatoms. The molecule has 0 spiro atoms. The number of carbonyl (C=O) groups is 1. The molecule has 0 aliphatic heterocycles. The van der Waals surface area contributed by atoms with E-state index in [-0.39, 0.29) is 18.9 Å². The predicted molar refractivity (Wildman–Crippen MR) is 123 cm³/mol. The van der Waals surface area contributed by atoms with Gasteiger partial charge < -0.3 is 5.32 Å². The van der Waals surface area contributed by atoms with Crippen LogP contribution < -0.4 is 9.62 Å². The third-order valence-electron chi connectivity index (χ3n) is 4.18. The summed E-state index contributed by atoms with van der Waals surface area (Å²) in [6.45, 7) is 2.90. The van der Waals surface area contributed by atoms with E-state index in [0.717, 1.165) is 17.8 Å². The number of aryl methyl sites for hydroxylation is 1. The summed E-state index contributed by atoms with van der Waals surface area (Å²) < 4.78 is 25.4. The van der Waals surface area contributed by atoms with E-state index in [0.29, 0.717) is 23.7 Å². The van der Waals surface area contributed by atoms with Gasteiger partial charge in [-0.15, -0.1) is 0 Å². The van der Waals surface area contributed by atoms with E-state index in [1.807, 2.05) is 0 Å². The second kappa shape index (κ2) is 11.5. The highest BCUT2D eigenvalue weighted by molar-refractivity contribution is 7.98. The van der Waals surface area contributed by atoms with Gasteiger partial charge in [0.15, 0.2) is 0 Å². The predicted octanol–water partition coefficient (Wildman–Crippen LogP) is 4.24. The number of rotatable bonds is 11. The number of thioether (sulfide) groups is 1. The van der Waals surface area contributed by atoms with Crippen molar-refractivity contribution in [1.82, 2.24) is 5.32 Å². The minimum absolute atomic E-state index is 0.0688. The van der Waals surface area contributed by atoms with Gasteiger partial charge in [-0.25, -0.2) is 8.42 Å². The van der Waals surface area contributed by atoms with E-state index >= 15 is 0 Å². The number of nitrogens with zero attached hydrogens (tertiary/aromatic N) is 1. The monoisotopic (exact) mass is 454 g/mol. The summed E-state index contributed by atoms with van der Waals surface area (Å²) in [7, 11) is -3.45. The molecule has 158 valence electrons. The zero-order chi connectivity index (χ0) is 21.3. The number of carbonyl (C=O) groups excluding carboxylic acids is 1. The van der Waals surface area contributed by atoms with Crippen LogP contribution >= 0.6 is 23.4 Å². The van der Waals surface area contributed by atoms with Gasteiger partial charge >= 0.3 is 0 Å². The number of hydrogen-bond donors (Lipinski definition) is 1. The van der Waals surface area contributed by atoms with Gasteiger partial charge in [0.25, 0.3) is 0 Å². The van der Waals surface area contributed by atoms with Crippen molar-refractivity contribution < 1.29 is 13.2 Å². The molecule has 0 saturated heterocycles. The van der Waals surface area contributed by atoms with Crippen molar-refractivity contribution in [3.05, 3.63) is 64.7 Å². The molecule has 5 nitrogen and oxygen atoms in total. The van der Waals surface area contributed by atoms with Crippen LogP contribution in [0.15, 0.2) is 48.5 Å². The zero-order valence-electron chi connectivity index (χ0n) is 16.7. The topological polar surface area (TPSA) is 66.5 Å². The first kappa shape index (κ1) is 23.6. The minimum Gasteiger partial charge on any atom is -0.355 e. The average Bonchev–Trinajstić information content (AvgIpc) is 2.64. The van der Waals surface area contributed by atoms with Crippen LogP contribution in [0.25, 0.3) is 0 Å². The van der Waals surface area contributed by atoms with Crippen LogP contribution in [0, 0.1) is 6.92 Å². The minimum atomic E-state index is -3.45. The number of amides is 1. The molecule has 0 fully saturated rings. The highest BCUT2D eigenvalue weighted by Gasteiger charge is 2.17. The lowest BCUT2D eigenvalue weighted by Gasteiger charge is -2.22. The average molecular weight is 455 g/mol. The van der Waals surface area contributed by atoms with E-state index in [4.69, 9.17) is 11.6 Å². The molecule has 0 aliphatic carbocycles. The highest BCUT2D eigenvalue weighted by atomic mass is 35.5. The molecule has 0 aromatic heterocycles. The summed E-state index contributed by atoms with van der Waals surface area (Å²) in [6.07, 6.45) is 1.86. The third kappa shape index (κ3) is 8.68. The second-order valence-corrected chi connectivity index (χ2v) is 10.3. The van der Waals surface area contributed by atoms with E-state index in [1.54, 1.807) is 36.0 Å². The number of sulfonamides is 1. The van der Waals surface area contributed by atoms with Crippen molar-refractivity contribution in [3.63, 3.8) is 0 Å². The fourth-order valence-corrected chi connectivity index (χ4v) is 4.79. The lowest BCUT2D eigenvalue weighted by molar-refractivity contribution is -0.121. The van der Waals surface area contributed by atoms with Crippen molar-refractivity contribution in [3.8, 4) is 0 Å². The van der Waals surface area contributed by atoms with Crippen molar-refractivity contribution in [2.75, 3.05) is 29.4 Å². The molecular formula is C21H27ClN2O3S2. The van der Waals surface area contributed by atoms with Gasteiger partial charge in [0.2, 0.25) is 15.9 Å². The Labute approximate surface area is 182 Å². The smallest absolute Gasteiger partial charge is 0.232 e. The van der Waals surface area contributed by atoms with Gasteiger partial charge in [0, 0.05) is 36.0 Å². The summed E-state index contributed by atoms with van der Waals surface area (Å²) in [6, 6.07) is 15.1. The van der Waals surface area contributed by atoms with Crippen LogP contribution in [-0.2, 0) is 20.6 Å². The van der Waals surface area contributed by atoms with E-state index < -0.39 is 10.0 Å². The summed E-state index contributed by atoms with van der Waals surface area (Å²) in [5.74, 6) is 1.68. The Morgan fingerprint density at radius 3 is 2.62 bits per heavy atom. The van der Waals surface area contributed by atoms with Crippen LogP contribution in [0.5, 0.6) is 0 Å². The van der Waals surface area contributed by atoms with Gasteiger partial charge in [-0.2, -0.15) is 11.8 Å². The van der Waals surface area contributed by atoms with Crippen LogP contribution in [-0.4, -0.2) is 39.4 Å². The Hall–Kier alpha value is -1.70. The Kier molecular flexibility index (Phi) is 9.33. The first-order valence-corrected chi connectivity index (χ1v) is 12.8. The molecule has 2 rings (SSSR count). The Morgan fingerprint density at radius 2 is 1.93 bits per heavy atom. The molecule has 0 unspecified atom stereocenters. The fraction of sp³-hybridized carbons (Fsp3) is 0.381. The van der Waals surface area contributed by atoms with Crippen molar-refractivity contribution >= 4 is 45.0 Å². The summed E-state index contributed by atoms with van der Waals surface area (Å²) in [5, 5.41) is 3.36. The molecule has 0 radical (unpaired) electrons. The van der Waals surface area contributed by atoms with Crippen LogP contribution in [0.2, 0.25) is 5.02 Å². The maximum atomic E-state index is 12.1. The van der Waals surface area contributed by atoms with Crippen molar-refractivity contribution in [1.29, 1.82) is 0 Å². The number of nitrogens with one attached hydrogen (secondary N) is 1. The number of halogens is 1. The fourth-order valence-electron chi connectivity index (χ4n) is 2.84. The molecule has 1 amide bonds. The molecule has 0 bridgehead atoms. The van der Waals surface area contributed by atoms with Crippen LogP contribution in [0.1, 0.15) is 24.0 Å². The highest BCUT2D eigenvalue weighted by Crippen LogP contribution is 2.22. The zero-order valence-corrected chi connectivity index (χ0v) is 19.1. The van der Waals surface area contributed by atoms with E-state index in [9.17, 15) is 13.2 Å². The van der Waals surface area contributed by atoms with Gasteiger partial charge in [0.05, 0.1) is 11.9 Å². The first-order chi connectivity index (χ1) is 13.8. The summed E-state index contributed by atoms with van der Waals surface area (Å²) in [4.78, 5) is 12.0. The van der Waals surface area contributed by atoms with Crippen molar-refractivity contribution in [2.45, 2.75) is 25.5 Å². The van der Waals surface area contributed by atoms with Gasteiger partial charge in [-0.3, -0.25) is 9.10 Å². The maximum Gasteiger partial charge on any atom is 0.232 e. The van der Waals surface area contributed by atoms with Crippen LogP contribution in [0.3, 0.4) is 0 Å². The Morgan fingerprint density at radius 1 is 1.17 bits per heavy atom. The van der Waals surface area contributed by atoms with Crippen molar-refractivity contribution in [2.24, 2.45) is 0 Å².